The second-order valence-corrected chi connectivity index (χ2v) is 6.75. The molecule has 2 saturated carbocycles. The fourth-order valence-corrected chi connectivity index (χ4v) is 3.78. The van der Waals surface area contributed by atoms with E-state index in [9.17, 15) is 4.79 Å². The molecule has 0 aromatic carbocycles. The van der Waals surface area contributed by atoms with Crippen LogP contribution in [0.2, 0.25) is 0 Å². The average molecular weight is 272 g/mol. The van der Waals surface area contributed by atoms with E-state index in [4.69, 9.17) is 11.6 Å². The Labute approximate surface area is 116 Å². The van der Waals surface area contributed by atoms with E-state index < -0.39 is 0 Å². The van der Waals surface area contributed by atoms with Gasteiger partial charge in [0.25, 0.3) is 0 Å². The van der Waals surface area contributed by atoms with Gasteiger partial charge in [0.2, 0.25) is 5.91 Å². The number of nitrogens with one attached hydrogen (secondary N) is 1. The number of hydrogen-bond acceptors (Lipinski definition) is 1. The number of amides is 1. The quantitative estimate of drug-likeness (QED) is 0.776. The van der Waals surface area contributed by atoms with Crippen molar-refractivity contribution in [1.29, 1.82) is 0 Å². The lowest BCUT2D eigenvalue weighted by Gasteiger charge is -2.31. The van der Waals surface area contributed by atoms with E-state index in [0.717, 1.165) is 31.6 Å². The molecule has 104 valence electrons. The highest BCUT2D eigenvalue weighted by Crippen LogP contribution is 2.33. The van der Waals surface area contributed by atoms with E-state index in [1.54, 1.807) is 0 Å². The first-order valence-electron chi connectivity index (χ1n) is 7.61. The maximum Gasteiger partial charge on any atom is 0.238 e. The minimum absolute atomic E-state index is 0.0858. The van der Waals surface area contributed by atoms with Crippen molar-refractivity contribution in [1.82, 2.24) is 5.32 Å². The van der Waals surface area contributed by atoms with E-state index in [2.05, 4.69) is 12.2 Å². The van der Waals surface area contributed by atoms with Crippen LogP contribution in [0, 0.1) is 11.8 Å². The number of hydrogen-bond donors (Lipinski definition) is 1. The Balaban J connectivity index is 1.79. The SMILES string of the molecule is CC1CCCC(C(Cl)C(=O)NC2CCCCC2)C1. The van der Waals surface area contributed by atoms with Gasteiger partial charge < -0.3 is 5.32 Å². The lowest BCUT2D eigenvalue weighted by molar-refractivity contribution is -0.122. The second kappa shape index (κ2) is 6.79. The smallest absolute Gasteiger partial charge is 0.238 e. The number of alkyl halides is 1. The zero-order chi connectivity index (χ0) is 13.0. The molecular formula is C15H26ClNO. The molecule has 3 unspecified atom stereocenters. The molecule has 0 radical (unpaired) electrons. The first kappa shape index (κ1) is 14.2. The largest absolute Gasteiger partial charge is 0.352 e. The van der Waals surface area contributed by atoms with Crippen molar-refractivity contribution in [2.75, 3.05) is 0 Å². The van der Waals surface area contributed by atoms with E-state index in [-0.39, 0.29) is 11.3 Å². The molecule has 0 aromatic rings. The van der Waals surface area contributed by atoms with Crippen molar-refractivity contribution >= 4 is 17.5 Å². The summed E-state index contributed by atoms with van der Waals surface area (Å²) in [6, 6.07) is 0.383. The van der Waals surface area contributed by atoms with E-state index in [1.807, 2.05) is 0 Å². The summed E-state index contributed by atoms with van der Waals surface area (Å²) in [5, 5.41) is 2.85. The van der Waals surface area contributed by atoms with Gasteiger partial charge in [-0.1, -0.05) is 39.0 Å². The Morgan fingerprint density at radius 3 is 2.50 bits per heavy atom. The molecular weight excluding hydrogens is 246 g/mol. The Morgan fingerprint density at radius 1 is 1.11 bits per heavy atom. The van der Waals surface area contributed by atoms with Crippen LogP contribution in [0.25, 0.3) is 0 Å². The topological polar surface area (TPSA) is 29.1 Å². The molecule has 2 fully saturated rings. The predicted molar refractivity (Wildman–Crippen MR) is 75.8 cm³/mol. The first-order chi connectivity index (χ1) is 8.66. The van der Waals surface area contributed by atoms with Crippen LogP contribution >= 0.6 is 11.6 Å². The number of halogens is 1. The van der Waals surface area contributed by atoms with Crippen LogP contribution in [0.3, 0.4) is 0 Å². The number of carbonyl (C=O) groups excluding carboxylic acids is 1. The lowest BCUT2D eigenvalue weighted by Crippen LogP contribution is -2.43. The van der Waals surface area contributed by atoms with Gasteiger partial charge in [0.1, 0.15) is 5.38 Å². The lowest BCUT2D eigenvalue weighted by atomic mass is 9.80. The van der Waals surface area contributed by atoms with Gasteiger partial charge in [-0.25, -0.2) is 0 Å². The molecule has 0 aliphatic heterocycles. The summed E-state index contributed by atoms with van der Waals surface area (Å²) in [4.78, 5) is 12.2. The average Bonchev–Trinajstić information content (AvgIpc) is 2.39. The van der Waals surface area contributed by atoms with Gasteiger partial charge in [0, 0.05) is 6.04 Å². The van der Waals surface area contributed by atoms with Crippen LogP contribution in [0.1, 0.15) is 64.7 Å². The fourth-order valence-electron chi connectivity index (χ4n) is 3.49. The molecule has 2 rings (SSSR count). The Kier molecular flexibility index (Phi) is 5.35. The molecule has 0 aromatic heterocycles. The zero-order valence-electron chi connectivity index (χ0n) is 11.5. The highest BCUT2D eigenvalue weighted by molar-refractivity contribution is 6.31. The molecule has 1 N–H and O–H groups in total. The molecule has 2 aliphatic carbocycles. The van der Waals surface area contributed by atoms with Gasteiger partial charge in [0.15, 0.2) is 0 Å². The van der Waals surface area contributed by atoms with Gasteiger partial charge in [-0.15, -0.1) is 11.6 Å². The molecule has 0 heterocycles. The van der Waals surface area contributed by atoms with Gasteiger partial charge in [-0.3, -0.25) is 4.79 Å². The summed E-state index contributed by atoms with van der Waals surface area (Å²) in [5.41, 5.74) is 0. The molecule has 18 heavy (non-hydrogen) atoms. The van der Waals surface area contributed by atoms with Crippen molar-refractivity contribution in [3.63, 3.8) is 0 Å². The summed E-state index contributed by atoms with van der Waals surface area (Å²) in [6.45, 7) is 2.27. The molecule has 3 atom stereocenters. The summed E-state index contributed by atoms with van der Waals surface area (Å²) in [6.07, 6.45) is 10.8. The van der Waals surface area contributed by atoms with E-state index in [1.165, 1.54) is 32.1 Å². The first-order valence-corrected chi connectivity index (χ1v) is 8.05. The molecule has 1 amide bonds. The summed E-state index contributed by atoms with van der Waals surface area (Å²) >= 11 is 6.38. The number of carbonyl (C=O) groups is 1. The van der Waals surface area contributed by atoms with Crippen molar-refractivity contribution in [3.05, 3.63) is 0 Å². The third kappa shape index (κ3) is 3.88. The third-order valence-electron chi connectivity index (χ3n) is 4.59. The van der Waals surface area contributed by atoms with Crippen LogP contribution in [-0.2, 0) is 4.79 Å². The fraction of sp³-hybridized carbons (Fsp3) is 0.933. The maximum atomic E-state index is 12.2. The van der Waals surface area contributed by atoms with E-state index >= 15 is 0 Å². The highest BCUT2D eigenvalue weighted by atomic mass is 35.5. The standard InChI is InChI=1S/C15H26ClNO/c1-11-6-5-7-12(10-11)14(16)15(18)17-13-8-3-2-4-9-13/h11-14H,2-10H2,1H3,(H,17,18). The maximum absolute atomic E-state index is 12.2. The molecule has 0 saturated heterocycles. The molecule has 0 bridgehead atoms. The van der Waals surface area contributed by atoms with Crippen LogP contribution in [0.15, 0.2) is 0 Å². The number of rotatable bonds is 3. The molecule has 3 heteroatoms. The van der Waals surface area contributed by atoms with Crippen LogP contribution in [-0.4, -0.2) is 17.3 Å². The Hall–Kier alpha value is -0.240. The van der Waals surface area contributed by atoms with Crippen LogP contribution in [0.4, 0.5) is 0 Å². The monoisotopic (exact) mass is 271 g/mol. The minimum atomic E-state index is -0.310. The summed E-state index contributed by atoms with van der Waals surface area (Å²) in [5.74, 6) is 1.20. The summed E-state index contributed by atoms with van der Waals surface area (Å²) in [7, 11) is 0. The normalized spacial score (nSPS) is 31.9. The molecule has 2 aliphatic rings. The molecule has 2 nitrogen and oxygen atoms in total. The van der Waals surface area contributed by atoms with E-state index in [0.29, 0.717) is 12.0 Å². The minimum Gasteiger partial charge on any atom is -0.352 e. The van der Waals surface area contributed by atoms with Gasteiger partial charge in [-0.2, -0.15) is 0 Å². The summed E-state index contributed by atoms with van der Waals surface area (Å²) < 4.78 is 0. The zero-order valence-corrected chi connectivity index (χ0v) is 12.2. The molecule has 0 spiro atoms. The van der Waals surface area contributed by atoms with Gasteiger partial charge in [0.05, 0.1) is 0 Å². The van der Waals surface area contributed by atoms with Crippen molar-refractivity contribution in [2.45, 2.75) is 76.1 Å². The van der Waals surface area contributed by atoms with Crippen molar-refractivity contribution < 1.29 is 4.79 Å². The second-order valence-electron chi connectivity index (χ2n) is 6.28. The van der Waals surface area contributed by atoms with Crippen molar-refractivity contribution in [3.8, 4) is 0 Å². The van der Waals surface area contributed by atoms with Gasteiger partial charge >= 0.3 is 0 Å². The predicted octanol–water partition coefficient (Wildman–Crippen LogP) is 3.87. The highest BCUT2D eigenvalue weighted by Gasteiger charge is 2.31. The van der Waals surface area contributed by atoms with Crippen molar-refractivity contribution in [2.24, 2.45) is 11.8 Å². The van der Waals surface area contributed by atoms with Crippen LogP contribution in [0.5, 0.6) is 0 Å². The Bertz CT molecular complexity index is 276. The Morgan fingerprint density at radius 2 is 1.83 bits per heavy atom. The van der Waals surface area contributed by atoms with Crippen LogP contribution < -0.4 is 5.32 Å². The third-order valence-corrected chi connectivity index (χ3v) is 5.15. The van der Waals surface area contributed by atoms with Gasteiger partial charge in [-0.05, 0) is 37.5 Å².